The highest BCUT2D eigenvalue weighted by Gasteiger charge is 2.24. The molecule has 0 saturated carbocycles. The monoisotopic (exact) mass is 471 g/mol. The van der Waals surface area contributed by atoms with Crippen molar-refractivity contribution in [2.24, 2.45) is 0 Å². The minimum absolute atomic E-state index is 0.0693. The number of carbonyl (C=O) groups excluding carboxylic acids is 1. The Morgan fingerprint density at radius 2 is 1.69 bits per heavy atom. The largest absolute Gasteiger partial charge is 0.345 e. The van der Waals surface area contributed by atoms with E-state index < -0.39 is 15.1 Å². The molecule has 1 saturated heterocycles. The highest BCUT2D eigenvalue weighted by molar-refractivity contribution is 7.92. The molecular formula is C24H29N3O3S2. The molecule has 32 heavy (non-hydrogen) atoms. The number of thiazole rings is 1. The van der Waals surface area contributed by atoms with E-state index in [-0.39, 0.29) is 12.3 Å². The Bertz CT molecular complexity index is 1240. The first-order valence-electron chi connectivity index (χ1n) is 10.9. The maximum atomic E-state index is 12.8. The normalized spacial score (nSPS) is 15.0. The molecule has 170 valence electrons. The first-order chi connectivity index (χ1) is 15.2. The predicted octanol–water partition coefficient (Wildman–Crippen LogP) is 3.99. The Labute approximate surface area is 193 Å². The Balaban J connectivity index is 1.37. The number of sulfone groups is 1. The molecule has 4 rings (SSSR count). The molecule has 3 aromatic rings. The number of carbonyl (C=O) groups is 1. The third-order valence-corrected chi connectivity index (χ3v) is 9.46. The standard InChI is InChI=1S/C24H29N3O3S2/c1-16(2)32(29,30)20-8-6-19(7-9-20)15-22(28)26-11-13-27(14-12-26)24-25-23-18(4)17(3)5-10-21(23)31-24/h5-10,16H,11-15H2,1-4H3. The molecule has 0 radical (unpaired) electrons. The van der Waals surface area contributed by atoms with Crippen molar-refractivity contribution < 1.29 is 13.2 Å². The number of hydrogen-bond acceptors (Lipinski definition) is 6. The zero-order valence-electron chi connectivity index (χ0n) is 19.0. The van der Waals surface area contributed by atoms with Crippen LogP contribution in [0, 0.1) is 13.8 Å². The molecule has 0 aliphatic carbocycles. The zero-order valence-corrected chi connectivity index (χ0v) is 20.6. The number of anilines is 1. The summed E-state index contributed by atoms with van der Waals surface area (Å²) < 4.78 is 25.7. The van der Waals surface area contributed by atoms with Crippen molar-refractivity contribution in [1.82, 2.24) is 9.88 Å². The summed E-state index contributed by atoms with van der Waals surface area (Å²) in [5.74, 6) is 0.0693. The zero-order chi connectivity index (χ0) is 23.0. The third-order valence-electron chi connectivity index (χ3n) is 6.20. The van der Waals surface area contributed by atoms with Crippen molar-refractivity contribution in [3.05, 3.63) is 53.1 Å². The second kappa shape index (κ2) is 8.83. The van der Waals surface area contributed by atoms with Crippen LogP contribution in [0.2, 0.25) is 0 Å². The maximum absolute atomic E-state index is 12.8. The fourth-order valence-electron chi connectivity index (χ4n) is 3.85. The Kier molecular flexibility index (Phi) is 6.27. The number of aromatic nitrogens is 1. The van der Waals surface area contributed by atoms with E-state index in [0.29, 0.717) is 18.0 Å². The topological polar surface area (TPSA) is 70.6 Å². The second-order valence-electron chi connectivity index (χ2n) is 8.63. The highest BCUT2D eigenvalue weighted by atomic mass is 32.2. The summed E-state index contributed by atoms with van der Waals surface area (Å²) in [7, 11) is -3.30. The number of aryl methyl sites for hydroxylation is 2. The first kappa shape index (κ1) is 22.7. The molecule has 0 spiro atoms. The SMILES string of the molecule is Cc1ccc2sc(N3CCN(C(=O)Cc4ccc(S(=O)(=O)C(C)C)cc4)CC3)nc2c1C. The van der Waals surface area contributed by atoms with Crippen molar-refractivity contribution in [2.45, 2.75) is 44.3 Å². The number of piperazine rings is 1. The molecular weight excluding hydrogens is 442 g/mol. The lowest BCUT2D eigenvalue weighted by Gasteiger charge is -2.34. The second-order valence-corrected chi connectivity index (χ2v) is 12.1. The van der Waals surface area contributed by atoms with Gasteiger partial charge in [-0.15, -0.1) is 0 Å². The lowest BCUT2D eigenvalue weighted by Crippen LogP contribution is -2.49. The van der Waals surface area contributed by atoms with Gasteiger partial charge in [0, 0.05) is 26.2 Å². The first-order valence-corrected chi connectivity index (χ1v) is 13.3. The van der Waals surface area contributed by atoms with E-state index in [0.717, 1.165) is 29.3 Å². The van der Waals surface area contributed by atoms with Crippen LogP contribution in [0.5, 0.6) is 0 Å². The molecule has 1 aliphatic heterocycles. The number of rotatable bonds is 5. The summed E-state index contributed by atoms with van der Waals surface area (Å²) in [6.45, 7) is 10.4. The fourth-order valence-corrected chi connectivity index (χ4v) is 5.99. The molecule has 1 amide bonds. The van der Waals surface area contributed by atoms with Gasteiger partial charge in [0.05, 0.1) is 26.8 Å². The molecule has 1 aliphatic rings. The van der Waals surface area contributed by atoms with E-state index in [1.165, 1.54) is 15.8 Å². The average Bonchev–Trinajstić information content (AvgIpc) is 3.22. The van der Waals surface area contributed by atoms with E-state index >= 15 is 0 Å². The van der Waals surface area contributed by atoms with Crippen LogP contribution < -0.4 is 4.90 Å². The highest BCUT2D eigenvalue weighted by Crippen LogP contribution is 2.32. The van der Waals surface area contributed by atoms with Crippen LogP contribution in [0.25, 0.3) is 10.2 Å². The van der Waals surface area contributed by atoms with Gasteiger partial charge < -0.3 is 9.80 Å². The average molecular weight is 472 g/mol. The van der Waals surface area contributed by atoms with Gasteiger partial charge in [-0.1, -0.05) is 29.5 Å². The van der Waals surface area contributed by atoms with Gasteiger partial charge in [-0.2, -0.15) is 0 Å². The molecule has 0 N–H and O–H groups in total. The van der Waals surface area contributed by atoms with Crippen LogP contribution >= 0.6 is 11.3 Å². The number of amides is 1. The van der Waals surface area contributed by atoms with Gasteiger partial charge in [-0.25, -0.2) is 13.4 Å². The van der Waals surface area contributed by atoms with Crippen LogP contribution in [0.1, 0.15) is 30.5 Å². The minimum Gasteiger partial charge on any atom is -0.345 e. The van der Waals surface area contributed by atoms with Gasteiger partial charge in [0.15, 0.2) is 15.0 Å². The Hall–Kier alpha value is -2.45. The van der Waals surface area contributed by atoms with Gasteiger partial charge in [-0.05, 0) is 62.6 Å². The van der Waals surface area contributed by atoms with E-state index in [2.05, 4.69) is 30.9 Å². The lowest BCUT2D eigenvalue weighted by molar-refractivity contribution is -0.130. The van der Waals surface area contributed by atoms with Gasteiger partial charge in [-0.3, -0.25) is 4.79 Å². The van der Waals surface area contributed by atoms with E-state index in [1.807, 2.05) is 4.90 Å². The molecule has 2 heterocycles. The molecule has 2 aromatic carbocycles. The molecule has 0 unspecified atom stereocenters. The molecule has 6 nitrogen and oxygen atoms in total. The molecule has 1 fully saturated rings. The van der Waals surface area contributed by atoms with Crippen LogP contribution in [-0.4, -0.2) is 55.6 Å². The van der Waals surface area contributed by atoms with Gasteiger partial charge >= 0.3 is 0 Å². The quantitative estimate of drug-likeness (QED) is 0.563. The number of hydrogen-bond donors (Lipinski definition) is 0. The lowest BCUT2D eigenvalue weighted by atomic mass is 10.1. The van der Waals surface area contributed by atoms with Crippen LogP contribution in [0.15, 0.2) is 41.3 Å². The Morgan fingerprint density at radius 1 is 1.03 bits per heavy atom. The molecule has 0 bridgehead atoms. The molecule has 1 aromatic heterocycles. The number of benzene rings is 2. The smallest absolute Gasteiger partial charge is 0.227 e. The van der Waals surface area contributed by atoms with Crippen molar-refractivity contribution in [3.63, 3.8) is 0 Å². The predicted molar refractivity (Wildman–Crippen MR) is 130 cm³/mol. The van der Waals surface area contributed by atoms with Crippen molar-refractivity contribution in [3.8, 4) is 0 Å². The van der Waals surface area contributed by atoms with Gasteiger partial charge in [0.25, 0.3) is 0 Å². The number of nitrogens with zero attached hydrogens (tertiary/aromatic N) is 3. The maximum Gasteiger partial charge on any atom is 0.227 e. The summed E-state index contributed by atoms with van der Waals surface area (Å²) in [6.07, 6.45) is 0.279. The summed E-state index contributed by atoms with van der Waals surface area (Å²) in [5, 5.41) is 0.553. The van der Waals surface area contributed by atoms with Crippen LogP contribution in [0.3, 0.4) is 0 Å². The summed E-state index contributed by atoms with van der Waals surface area (Å²) in [5.41, 5.74) is 4.38. The van der Waals surface area contributed by atoms with Crippen LogP contribution in [0.4, 0.5) is 5.13 Å². The van der Waals surface area contributed by atoms with Gasteiger partial charge in [0.1, 0.15) is 0 Å². The van der Waals surface area contributed by atoms with E-state index in [1.54, 1.807) is 49.4 Å². The minimum atomic E-state index is -3.30. The van der Waals surface area contributed by atoms with E-state index in [9.17, 15) is 13.2 Å². The van der Waals surface area contributed by atoms with Crippen molar-refractivity contribution in [2.75, 3.05) is 31.1 Å². The summed E-state index contributed by atoms with van der Waals surface area (Å²) >= 11 is 1.71. The Morgan fingerprint density at radius 3 is 2.31 bits per heavy atom. The molecule has 8 heteroatoms. The van der Waals surface area contributed by atoms with Crippen molar-refractivity contribution in [1.29, 1.82) is 0 Å². The van der Waals surface area contributed by atoms with Gasteiger partial charge in [0.2, 0.25) is 5.91 Å². The third kappa shape index (κ3) is 4.38. The fraction of sp³-hybridized carbons (Fsp3) is 0.417. The van der Waals surface area contributed by atoms with Crippen LogP contribution in [-0.2, 0) is 21.1 Å². The molecule has 0 atom stereocenters. The summed E-state index contributed by atoms with van der Waals surface area (Å²) in [4.78, 5) is 22.1. The number of fused-ring (bicyclic) bond motifs is 1. The summed E-state index contributed by atoms with van der Waals surface area (Å²) in [6, 6.07) is 11.0. The van der Waals surface area contributed by atoms with E-state index in [4.69, 9.17) is 4.98 Å². The van der Waals surface area contributed by atoms with Crippen molar-refractivity contribution >= 4 is 42.4 Å².